The highest BCUT2D eigenvalue weighted by atomic mass is 16.5. The van der Waals surface area contributed by atoms with E-state index < -0.39 is 5.91 Å². The van der Waals surface area contributed by atoms with Gasteiger partial charge >= 0.3 is 0 Å². The first-order valence-corrected chi connectivity index (χ1v) is 7.85. The van der Waals surface area contributed by atoms with Crippen LogP contribution in [0.5, 0.6) is 11.5 Å². The van der Waals surface area contributed by atoms with Gasteiger partial charge in [-0.3, -0.25) is 4.79 Å². The lowest BCUT2D eigenvalue weighted by atomic mass is 10.1. The Morgan fingerprint density at radius 2 is 1.80 bits per heavy atom. The first kappa shape index (κ1) is 18.1. The number of carbonyl (C=O) groups excluding carboxylic acids is 1. The highest BCUT2D eigenvalue weighted by molar-refractivity contribution is 6.09. The zero-order chi connectivity index (χ0) is 18.2. The number of hydrogen-bond donors (Lipinski definition) is 1. The summed E-state index contributed by atoms with van der Waals surface area (Å²) < 4.78 is 10.4. The van der Waals surface area contributed by atoms with Crippen LogP contribution in [0, 0.1) is 11.3 Å². The quantitative estimate of drug-likeness (QED) is 0.643. The van der Waals surface area contributed by atoms with Gasteiger partial charge in [-0.05, 0) is 35.8 Å². The lowest BCUT2D eigenvalue weighted by Gasteiger charge is -2.10. The number of benzene rings is 2. The Balaban J connectivity index is 2.19. The molecule has 0 saturated carbocycles. The second-order valence-electron chi connectivity index (χ2n) is 5.29. The van der Waals surface area contributed by atoms with Crippen molar-refractivity contribution in [1.29, 1.82) is 5.26 Å². The first-order valence-electron chi connectivity index (χ1n) is 7.85. The van der Waals surface area contributed by atoms with E-state index in [2.05, 4.69) is 12.2 Å². The van der Waals surface area contributed by atoms with Gasteiger partial charge in [0, 0.05) is 11.8 Å². The van der Waals surface area contributed by atoms with Crippen LogP contribution in [0.25, 0.3) is 6.08 Å². The average Bonchev–Trinajstić information content (AvgIpc) is 2.66. The average molecular weight is 336 g/mol. The summed E-state index contributed by atoms with van der Waals surface area (Å²) in [7, 11) is 3.06. The standard InChI is InChI=1S/C20H20N2O3/c1-4-14-5-7-15(8-6-14)11-16(13-21)20(23)22-17-9-10-18(24-2)19(12-17)25-3/h5-12H,4H2,1-3H3,(H,22,23)/b16-11+. The number of hydrogen-bond acceptors (Lipinski definition) is 4. The minimum absolute atomic E-state index is 0.0269. The molecule has 128 valence electrons. The monoisotopic (exact) mass is 336 g/mol. The molecule has 2 aromatic rings. The van der Waals surface area contributed by atoms with Crippen molar-refractivity contribution in [3.8, 4) is 17.6 Å². The van der Waals surface area contributed by atoms with Gasteiger partial charge in [0.1, 0.15) is 11.6 Å². The third-order valence-electron chi connectivity index (χ3n) is 3.71. The molecule has 0 saturated heterocycles. The Morgan fingerprint density at radius 3 is 2.36 bits per heavy atom. The van der Waals surface area contributed by atoms with Crippen LogP contribution in [-0.2, 0) is 11.2 Å². The SMILES string of the molecule is CCc1ccc(/C=C(\C#N)C(=O)Nc2ccc(OC)c(OC)c2)cc1. The number of carbonyl (C=O) groups is 1. The molecule has 0 spiro atoms. The molecule has 0 aliphatic carbocycles. The fourth-order valence-corrected chi connectivity index (χ4v) is 2.28. The Morgan fingerprint density at radius 1 is 1.12 bits per heavy atom. The van der Waals surface area contributed by atoms with E-state index in [1.54, 1.807) is 24.3 Å². The fraction of sp³-hybridized carbons (Fsp3) is 0.200. The molecule has 0 aromatic heterocycles. The van der Waals surface area contributed by atoms with Crippen LogP contribution >= 0.6 is 0 Å². The smallest absolute Gasteiger partial charge is 0.266 e. The molecule has 0 aliphatic rings. The Bertz CT molecular complexity index is 818. The van der Waals surface area contributed by atoms with Gasteiger partial charge in [0.05, 0.1) is 14.2 Å². The predicted octanol–water partition coefficient (Wildman–Crippen LogP) is 3.81. The van der Waals surface area contributed by atoms with E-state index >= 15 is 0 Å². The van der Waals surface area contributed by atoms with Gasteiger partial charge in [-0.15, -0.1) is 0 Å². The fourth-order valence-electron chi connectivity index (χ4n) is 2.28. The minimum atomic E-state index is -0.478. The maximum Gasteiger partial charge on any atom is 0.266 e. The number of anilines is 1. The van der Waals surface area contributed by atoms with Crippen molar-refractivity contribution in [3.05, 3.63) is 59.2 Å². The summed E-state index contributed by atoms with van der Waals surface area (Å²) in [5.74, 6) is 0.583. The molecule has 0 bridgehead atoms. The molecule has 5 heteroatoms. The van der Waals surface area contributed by atoms with Crippen LogP contribution in [0.15, 0.2) is 48.0 Å². The second kappa shape index (κ2) is 8.55. The van der Waals surface area contributed by atoms with E-state index in [1.165, 1.54) is 19.8 Å². The number of rotatable bonds is 6. The van der Waals surface area contributed by atoms with Crippen LogP contribution in [0.1, 0.15) is 18.1 Å². The molecular weight excluding hydrogens is 316 g/mol. The van der Waals surface area contributed by atoms with Gasteiger partial charge in [-0.25, -0.2) is 0 Å². The number of nitriles is 1. The summed E-state index contributed by atoms with van der Waals surface area (Å²) in [6.07, 6.45) is 2.50. The summed E-state index contributed by atoms with van der Waals surface area (Å²) in [4.78, 5) is 12.4. The van der Waals surface area contributed by atoms with E-state index in [9.17, 15) is 10.1 Å². The normalized spacial score (nSPS) is 10.7. The molecule has 0 radical (unpaired) electrons. The van der Waals surface area contributed by atoms with Crippen molar-refractivity contribution < 1.29 is 14.3 Å². The van der Waals surface area contributed by atoms with Crippen LogP contribution in [0.3, 0.4) is 0 Å². The topological polar surface area (TPSA) is 71.4 Å². The van der Waals surface area contributed by atoms with Crippen molar-refractivity contribution in [2.45, 2.75) is 13.3 Å². The van der Waals surface area contributed by atoms with E-state index in [1.807, 2.05) is 30.3 Å². The molecule has 0 aliphatic heterocycles. The molecule has 0 heterocycles. The summed E-state index contributed by atoms with van der Waals surface area (Å²) in [6, 6.07) is 14.7. The Kier molecular flexibility index (Phi) is 6.19. The van der Waals surface area contributed by atoms with Crippen molar-refractivity contribution >= 4 is 17.7 Å². The molecule has 0 fully saturated rings. The minimum Gasteiger partial charge on any atom is -0.493 e. The van der Waals surface area contributed by atoms with Gasteiger partial charge in [0.2, 0.25) is 0 Å². The number of methoxy groups -OCH3 is 2. The number of aryl methyl sites for hydroxylation is 1. The zero-order valence-corrected chi connectivity index (χ0v) is 14.5. The molecule has 5 nitrogen and oxygen atoms in total. The van der Waals surface area contributed by atoms with Gasteiger partial charge in [0.25, 0.3) is 5.91 Å². The zero-order valence-electron chi connectivity index (χ0n) is 14.5. The maximum absolute atomic E-state index is 12.4. The van der Waals surface area contributed by atoms with E-state index in [0.717, 1.165) is 12.0 Å². The number of amides is 1. The summed E-state index contributed by atoms with van der Waals surface area (Å²) >= 11 is 0. The van der Waals surface area contributed by atoms with Crippen molar-refractivity contribution in [2.75, 3.05) is 19.5 Å². The third kappa shape index (κ3) is 4.61. The maximum atomic E-state index is 12.4. The molecule has 2 rings (SSSR count). The Labute approximate surface area is 147 Å². The molecule has 0 unspecified atom stereocenters. The second-order valence-corrected chi connectivity index (χ2v) is 5.29. The van der Waals surface area contributed by atoms with Crippen LogP contribution in [-0.4, -0.2) is 20.1 Å². The highest BCUT2D eigenvalue weighted by Crippen LogP contribution is 2.29. The molecule has 25 heavy (non-hydrogen) atoms. The number of nitrogens with zero attached hydrogens (tertiary/aromatic N) is 1. The highest BCUT2D eigenvalue weighted by Gasteiger charge is 2.11. The van der Waals surface area contributed by atoms with Gasteiger partial charge < -0.3 is 14.8 Å². The van der Waals surface area contributed by atoms with E-state index in [4.69, 9.17) is 9.47 Å². The van der Waals surface area contributed by atoms with Crippen molar-refractivity contribution in [3.63, 3.8) is 0 Å². The van der Waals surface area contributed by atoms with Crippen LogP contribution in [0.2, 0.25) is 0 Å². The van der Waals surface area contributed by atoms with Gasteiger partial charge in [0.15, 0.2) is 11.5 Å². The first-order chi connectivity index (χ1) is 12.1. The van der Waals surface area contributed by atoms with Gasteiger partial charge in [-0.2, -0.15) is 5.26 Å². The molecule has 1 amide bonds. The number of ether oxygens (including phenoxy) is 2. The van der Waals surface area contributed by atoms with E-state index in [-0.39, 0.29) is 5.57 Å². The molecule has 0 atom stereocenters. The summed E-state index contributed by atoms with van der Waals surface area (Å²) in [5, 5.41) is 12.0. The molecule has 2 aromatic carbocycles. The predicted molar refractivity (Wildman–Crippen MR) is 97.6 cm³/mol. The van der Waals surface area contributed by atoms with Crippen LogP contribution < -0.4 is 14.8 Å². The third-order valence-corrected chi connectivity index (χ3v) is 3.71. The lowest BCUT2D eigenvalue weighted by Crippen LogP contribution is -2.13. The van der Waals surface area contributed by atoms with Crippen molar-refractivity contribution in [1.82, 2.24) is 0 Å². The Hall–Kier alpha value is -3.26. The van der Waals surface area contributed by atoms with Gasteiger partial charge in [-0.1, -0.05) is 31.2 Å². The lowest BCUT2D eigenvalue weighted by molar-refractivity contribution is -0.112. The molecule has 1 N–H and O–H groups in total. The van der Waals surface area contributed by atoms with Crippen LogP contribution in [0.4, 0.5) is 5.69 Å². The van der Waals surface area contributed by atoms with E-state index in [0.29, 0.717) is 17.2 Å². The summed E-state index contributed by atoms with van der Waals surface area (Å²) in [6.45, 7) is 2.07. The largest absolute Gasteiger partial charge is 0.493 e. The number of nitrogens with one attached hydrogen (secondary N) is 1. The van der Waals surface area contributed by atoms with Crippen molar-refractivity contribution in [2.24, 2.45) is 0 Å². The summed E-state index contributed by atoms with van der Waals surface area (Å²) in [5.41, 5.74) is 2.55. The molecular formula is C20H20N2O3.